The molecule has 1 aliphatic rings. The first-order valence-electron chi connectivity index (χ1n) is 7.09. The van der Waals surface area contributed by atoms with Gasteiger partial charge in [-0.3, -0.25) is 4.79 Å². The van der Waals surface area contributed by atoms with Gasteiger partial charge in [0.2, 0.25) is 5.91 Å². The van der Waals surface area contributed by atoms with Crippen LogP contribution in [0.25, 0.3) is 0 Å². The Labute approximate surface area is 118 Å². The predicted octanol–water partition coefficient (Wildman–Crippen LogP) is 0.795. The Morgan fingerprint density at radius 1 is 1.40 bits per heavy atom. The molecule has 1 heterocycles. The number of nitrogen functional groups attached to an aromatic ring is 1. The zero-order chi connectivity index (χ0) is 14.4. The van der Waals surface area contributed by atoms with Crippen molar-refractivity contribution in [2.24, 2.45) is 5.84 Å². The molecule has 1 aliphatic carbocycles. The highest BCUT2D eigenvalue weighted by molar-refractivity contribution is 5.76. The molecule has 110 valence electrons. The summed E-state index contributed by atoms with van der Waals surface area (Å²) in [6.07, 6.45) is 4.31. The standard InChI is InChI=1S/C13H22N6O/c1-2-10-17-11(8-12(18-10)19-14)15-7-3-4-13(20)16-9-5-6-9/h8-9H,2-7,14H2,1H3,(H,16,20)(H2,15,17,18,19). The average Bonchev–Trinajstić information content (AvgIpc) is 3.27. The van der Waals surface area contributed by atoms with Crippen molar-refractivity contribution in [1.29, 1.82) is 0 Å². The molecule has 1 fully saturated rings. The second-order valence-corrected chi connectivity index (χ2v) is 4.92. The number of hydrogen-bond donors (Lipinski definition) is 4. The molecule has 0 bridgehead atoms. The van der Waals surface area contributed by atoms with Crippen molar-refractivity contribution in [3.63, 3.8) is 0 Å². The van der Waals surface area contributed by atoms with Crippen molar-refractivity contribution in [3.05, 3.63) is 11.9 Å². The van der Waals surface area contributed by atoms with Crippen LogP contribution in [0.15, 0.2) is 6.07 Å². The van der Waals surface area contributed by atoms with Gasteiger partial charge in [-0.1, -0.05) is 6.92 Å². The van der Waals surface area contributed by atoms with Crippen LogP contribution < -0.4 is 21.9 Å². The number of hydrogen-bond acceptors (Lipinski definition) is 6. The molecule has 1 aromatic rings. The van der Waals surface area contributed by atoms with E-state index in [4.69, 9.17) is 5.84 Å². The average molecular weight is 278 g/mol. The van der Waals surface area contributed by atoms with Gasteiger partial charge < -0.3 is 16.1 Å². The van der Waals surface area contributed by atoms with Gasteiger partial charge in [0, 0.05) is 31.5 Å². The second kappa shape index (κ2) is 7.04. The lowest BCUT2D eigenvalue weighted by molar-refractivity contribution is -0.121. The van der Waals surface area contributed by atoms with Crippen molar-refractivity contribution in [1.82, 2.24) is 15.3 Å². The zero-order valence-electron chi connectivity index (χ0n) is 11.8. The molecule has 7 heteroatoms. The number of nitrogens with one attached hydrogen (secondary N) is 3. The Bertz CT molecular complexity index is 438. The Balaban J connectivity index is 1.73. The van der Waals surface area contributed by atoms with Gasteiger partial charge in [0.1, 0.15) is 17.5 Å². The quantitative estimate of drug-likeness (QED) is 0.318. The summed E-state index contributed by atoms with van der Waals surface area (Å²) in [5, 5.41) is 6.16. The molecule has 1 aromatic heterocycles. The van der Waals surface area contributed by atoms with Crippen LogP contribution in [-0.2, 0) is 11.2 Å². The van der Waals surface area contributed by atoms with E-state index in [2.05, 4.69) is 26.0 Å². The number of amides is 1. The molecule has 0 radical (unpaired) electrons. The number of carbonyl (C=O) groups excluding carboxylic acids is 1. The molecule has 0 unspecified atom stereocenters. The summed E-state index contributed by atoms with van der Waals surface area (Å²) < 4.78 is 0. The maximum atomic E-state index is 11.5. The minimum absolute atomic E-state index is 0.135. The molecule has 0 saturated heterocycles. The van der Waals surface area contributed by atoms with Gasteiger partial charge in [0.05, 0.1) is 0 Å². The topological polar surface area (TPSA) is 105 Å². The first-order chi connectivity index (χ1) is 9.71. The lowest BCUT2D eigenvalue weighted by atomic mass is 10.3. The Morgan fingerprint density at radius 2 is 2.15 bits per heavy atom. The molecule has 1 amide bonds. The zero-order valence-corrected chi connectivity index (χ0v) is 11.8. The van der Waals surface area contributed by atoms with E-state index >= 15 is 0 Å². The first-order valence-corrected chi connectivity index (χ1v) is 7.09. The molecular formula is C13H22N6O. The summed E-state index contributed by atoms with van der Waals surface area (Å²) >= 11 is 0. The van der Waals surface area contributed by atoms with Crippen molar-refractivity contribution >= 4 is 17.5 Å². The summed E-state index contributed by atoms with van der Waals surface area (Å²) in [6, 6.07) is 2.19. The van der Waals surface area contributed by atoms with Gasteiger partial charge >= 0.3 is 0 Å². The van der Waals surface area contributed by atoms with Gasteiger partial charge in [-0.2, -0.15) is 0 Å². The number of aryl methyl sites for hydroxylation is 1. The van der Waals surface area contributed by atoms with E-state index in [1.807, 2.05) is 6.92 Å². The van der Waals surface area contributed by atoms with Crippen molar-refractivity contribution < 1.29 is 4.79 Å². The Hall–Kier alpha value is -1.89. The van der Waals surface area contributed by atoms with E-state index in [-0.39, 0.29) is 5.91 Å². The highest BCUT2D eigenvalue weighted by atomic mass is 16.1. The molecule has 0 aromatic carbocycles. The normalized spacial score (nSPS) is 13.9. The molecule has 0 aliphatic heterocycles. The third kappa shape index (κ3) is 4.65. The van der Waals surface area contributed by atoms with Gasteiger partial charge in [-0.15, -0.1) is 0 Å². The van der Waals surface area contributed by atoms with E-state index in [1.54, 1.807) is 6.07 Å². The lowest BCUT2D eigenvalue weighted by Gasteiger charge is -2.09. The van der Waals surface area contributed by atoms with E-state index in [0.29, 0.717) is 24.8 Å². The fourth-order valence-corrected chi connectivity index (χ4v) is 1.81. The number of anilines is 2. The molecular weight excluding hydrogens is 256 g/mol. The van der Waals surface area contributed by atoms with Crippen molar-refractivity contribution in [3.8, 4) is 0 Å². The number of hydrazine groups is 1. The van der Waals surface area contributed by atoms with Crippen LogP contribution in [0.1, 0.15) is 38.4 Å². The van der Waals surface area contributed by atoms with Gasteiger partial charge in [-0.25, -0.2) is 15.8 Å². The Morgan fingerprint density at radius 3 is 2.80 bits per heavy atom. The predicted molar refractivity (Wildman–Crippen MR) is 78.1 cm³/mol. The first kappa shape index (κ1) is 14.5. The summed E-state index contributed by atoms with van der Waals surface area (Å²) in [5.74, 6) is 7.55. The molecule has 0 spiro atoms. The third-order valence-electron chi connectivity index (χ3n) is 3.07. The lowest BCUT2D eigenvalue weighted by Crippen LogP contribution is -2.25. The van der Waals surface area contributed by atoms with Crippen LogP contribution in [0.5, 0.6) is 0 Å². The number of aromatic nitrogens is 2. The van der Waals surface area contributed by atoms with E-state index < -0.39 is 0 Å². The summed E-state index contributed by atoms with van der Waals surface area (Å²) in [5.41, 5.74) is 2.52. The number of nitrogens with two attached hydrogens (primary N) is 1. The van der Waals surface area contributed by atoms with Crippen LogP contribution in [0.4, 0.5) is 11.6 Å². The largest absolute Gasteiger partial charge is 0.370 e. The fourth-order valence-electron chi connectivity index (χ4n) is 1.81. The van der Waals surface area contributed by atoms with Crippen LogP contribution in [0.3, 0.4) is 0 Å². The van der Waals surface area contributed by atoms with Crippen LogP contribution in [0.2, 0.25) is 0 Å². The summed E-state index contributed by atoms with van der Waals surface area (Å²) in [6.45, 7) is 2.68. The highest BCUT2D eigenvalue weighted by Crippen LogP contribution is 2.18. The smallest absolute Gasteiger partial charge is 0.220 e. The third-order valence-corrected chi connectivity index (χ3v) is 3.07. The maximum Gasteiger partial charge on any atom is 0.220 e. The maximum absolute atomic E-state index is 11.5. The monoisotopic (exact) mass is 278 g/mol. The Kier molecular flexibility index (Phi) is 5.11. The van der Waals surface area contributed by atoms with Gasteiger partial charge in [-0.05, 0) is 19.3 Å². The highest BCUT2D eigenvalue weighted by Gasteiger charge is 2.22. The van der Waals surface area contributed by atoms with Gasteiger partial charge in [0.25, 0.3) is 0 Å². The number of nitrogens with zero attached hydrogens (tertiary/aromatic N) is 2. The van der Waals surface area contributed by atoms with E-state index in [0.717, 1.165) is 37.3 Å². The van der Waals surface area contributed by atoms with Crippen LogP contribution in [-0.4, -0.2) is 28.5 Å². The van der Waals surface area contributed by atoms with Crippen LogP contribution in [0, 0.1) is 0 Å². The molecule has 20 heavy (non-hydrogen) atoms. The number of carbonyl (C=O) groups is 1. The SMILES string of the molecule is CCc1nc(NN)cc(NCCCC(=O)NC2CC2)n1. The van der Waals surface area contributed by atoms with Crippen molar-refractivity contribution in [2.45, 2.75) is 45.1 Å². The summed E-state index contributed by atoms with van der Waals surface area (Å²) in [4.78, 5) is 20.1. The van der Waals surface area contributed by atoms with Gasteiger partial charge in [0.15, 0.2) is 0 Å². The van der Waals surface area contributed by atoms with E-state index in [1.165, 1.54) is 0 Å². The minimum Gasteiger partial charge on any atom is -0.370 e. The molecule has 2 rings (SSSR count). The van der Waals surface area contributed by atoms with E-state index in [9.17, 15) is 4.79 Å². The van der Waals surface area contributed by atoms with Crippen molar-refractivity contribution in [2.75, 3.05) is 17.3 Å². The van der Waals surface area contributed by atoms with Crippen LogP contribution >= 0.6 is 0 Å². The molecule has 0 atom stereocenters. The molecule has 5 N–H and O–H groups in total. The minimum atomic E-state index is 0.135. The molecule has 7 nitrogen and oxygen atoms in total. The molecule has 1 saturated carbocycles. The summed E-state index contributed by atoms with van der Waals surface area (Å²) in [7, 11) is 0. The number of rotatable bonds is 8. The fraction of sp³-hybridized carbons (Fsp3) is 0.615. The second-order valence-electron chi connectivity index (χ2n) is 4.92.